The number of amides is 2. The minimum Gasteiger partial charge on any atom is -0.355 e. The third-order valence-corrected chi connectivity index (χ3v) is 3.76. The monoisotopic (exact) mass is 345 g/mol. The first-order valence-corrected chi connectivity index (χ1v) is 7.83. The molecule has 0 unspecified atom stereocenters. The second kappa shape index (κ2) is 8.98. The van der Waals surface area contributed by atoms with Crippen LogP contribution in [0.1, 0.15) is 20.3 Å². The molecule has 7 heteroatoms. The number of nitrogens with zero attached hydrogens (tertiary/aromatic N) is 1. The van der Waals surface area contributed by atoms with Crippen LogP contribution < -0.4 is 10.6 Å². The topological polar surface area (TPSA) is 61.4 Å². The Labute approximate surface area is 141 Å². The zero-order valence-corrected chi connectivity index (χ0v) is 14.5. The molecule has 1 atom stereocenters. The standard InChI is InChI=1S/C15H21Cl2N3O2/c1-4-7-18-14(21)9-20(3)10(2)15(22)19-13-8-11(16)5-6-12(13)17/h5-6,8,10H,4,7,9H2,1-3H3,(H,18,21)(H,19,22)/t10-/m1/s1. The summed E-state index contributed by atoms with van der Waals surface area (Å²) >= 11 is 11.9. The fourth-order valence-corrected chi connectivity index (χ4v) is 2.05. The SMILES string of the molecule is CCCNC(=O)CN(C)[C@H](C)C(=O)Nc1cc(Cl)ccc1Cl. The van der Waals surface area contributed by atoms with E-state index in [4.69, 9.17) is 23.2 Å². The van der Waals surface area contributed by atoms with E-state index in [9.17, 15) is 9.59 Å². The normalized spacial score (nSPS) is 12.1. The number of likely N-dealkylation sites (N-methyl/N-ethyl adjacent to an activating group) is 1. The number of hydrogen-bond donors (Lipinski definition) is 2. The summed E-state index contributed by atoms with van der Waals surface area (Å²) in [5, 5.41) is 6.39. The Morgan fingerprint density at radius 2 is 2.00 bits per heavy atom. The highest BCUT2D eigenvalue weighted by atomic mass is 35.5. The second-order valence-corrected chi connectivity index (χ2v) is 5.90. The van der Waals surface area contributed by atoms with Crippen molar-refractivity contribution in [3.63, 3.8) is 0 Å². The summed E-state index contributed by atoms with van der Waals surface area (Å²) in [4.78, 5) is 25.6. The van der Waals surface area contributed by atoms with Crippen LogP contribution in [0.3, 0.4) is 0 Å². The van der Waals surface area contributed by atoms with Crippen LogP contribution >= 0.6 is 23.2 Å². The van der Waals surface area contributed by atoms with Gasteiger partial charge in [0, 0.05) is 11.6 Å². The van der Waals surface area contributed by atoms with Gasteiger partial charge in [-0.25, -0.2) is 0 Å². The first-order valence-electron chi connectivity index (χ1n) is 7.08. The molecule has 0 heterocycles. The van der Waals surface area contributed by atoms with Gasteiger partial charge in [0.25, 0.3) is 0 Å². The minimum absolute atomic E-state index is 0.107. The number of halogens is 2. The maximum atomic E-state index is 12.2. The van der Waals surface area contributed by atoms with Crippen molar-refractivity contribution in [1.29, 1.82) is 0 Å². The molecule has 0 aromatic heterocycles. The van der Waals surface area contributed by atoms with Crippen LogP contribution in [-0.2, 0) is 9.59 Å². The van der Waals surface area contributed by atoms with Crippen LogP contribution in [0.25, 0.3) is 0 Å². The van der Waals surface area contributed by atoms with E-state index in [0.29, 0.717) is 22.3 Å². The van der Waals surface area contributed by atoms with Crippen LogP contribution in [-0.4, -0.2) is 42.9 Å². The van der Waals surface area contributed by atoms with Gasteiger partial charge in [-0.3, -0.25) is 14.5 Å². The van der Waals surface area contributed by atoms with Crippen LogP contribution in [0.5, 0.6) is 0 Å². The number of anilines is 1. The summed E-state index contributed by atoms with van der Waals surface area (Å²) < 4.78 is 0. The van der Waals surface area contributed by atoms with Crippen molar-refractivity contribution in [2.75, 3.05) is 25.5 Å². The Bertz CT molecular complexity index is 538. The van der Waals surface area contributed by atoms with Gasteiger partial charge in [-0.1, -0.05) is 30.1 Å². The predicted molar refractivity (Wildman–Crippen MR) is 90.5 cm³/mol. The quantitative estimate of drug-likeness (QED) is 0.798. The highest BCUT2D eigenvalue weighted by Gasteiger charge is 2.20. The van der Waals surface area contributed by atoms with E-state index in [1.807, 2.05) is 6.92 Å². The molecule has 22 heavy (non-hydrogen) atoms. The summed E-state index contributed by atoms with van der Waals surface area (Å²) in [6.45, 7) is 4.49. The first-order chi connectivity index (χ1) is 10.3. The Balaban J connectivity index is 2.60. The van der Waals surface area contributed by atoms with Crippen molar-refractivity contribution in [2.45, 2.75) is 26.3 Å². The fourth-order valence-electron chi connectivity index (χ4n) is 1.71. The number of hydrogen-bond acceptors (Lipinski definition) is 3. The molecule has 0 saturated carbocycles. The predicted octanol–water partition coefficient (Wildman–Crippen LogP) is 2.78. The van der Waals surface area contributed by atoms with E-state index in [1.54, 1.807) is 37.1 Å². The molecule has 0 saturated heterocycles. The lowest BCUT2D eigenvalue weighted by Crippen LogP contribution is -2.44. The van der Waals surface area contributed by atoms with Crippen molar-refractivity contribution in [1.82, 2.24) is 10.2 Å². The Hall–Kier alpha value is -1.30. The van der Waals surface area contributed by atoms with E-state index in [2.05, 4.69) is 10.6 Å². The number of carbonyl (C=O) groups excluding carboxylic acids is 2. The molecule has 0 fully saturated rings. The first kappa shape index (κ1) is 18.7. The van der Waals surface area contributed by atoms with Crippen LogP contribution in [0, 0.1) is 0 Å². The van der Waals surface area contributed by atoms with Crippen molar-refractivity contribution < 1.29 is 9.59 Å². The molecule has 1 rings (SSSR count). The van der Waals surface area contributed by atoms with Crippen molar-refractivity contribution in [3.05, 3.63) is 28.2 Å². The van der Waals surface area contributed by atoms with E-state index >= 15 is 0 Å². The van der Waals surface area contributed by atoms with Crippen molar-refractivity contribution in [3.8, 4) is 0 Å². The summed E-state index contributed by atoms with van der Waals surface area (Å²) in [6, 6.07) is 4.37. The molecular weight excluding hydrogens is 325 g/mol. The van der Waals surface area contributed by atoms with E-state index in [-0.39, 0.29) is 18.4 Å². The lowest BCUT2D eigenvalue weighted by atomic mass is 10.2. The Kier molecular flexibility index (Phi) is 7.65. The van der Waals surface area contributed by atoms with Crippen molar-refractivity contribution in [2.24, 2.45) is 0 Å². The van der Waals surface area contributed by atoms with Gasteiger partial charge >= 0.3 is 0 Å². The van der Waals surface area contributed by atoms with Gasteiger partial charge in [0.2, 0.25) is 11.8 Å². The van der Waals surface area contributed by atoms with E-state index < -0.39 is 6.04 Å². The van der Waals surface area contributed by atoms with Gasteiger partial charge in [0.1, 0.15) is 0 Å². The highest BCUT2D eigenvalue weighted by molar-refractivity contribution is 6.35. The third kappa shape index (κ3) is 5.83. The number of nitrogens with one attached hydrogen (secondary N) is 2. The maximum absolute atomic E-state index is 12.2. The van der Waals surface area contributed by atoms with Crippen LogP contribution in [0.2, 0.25) is 10.0 Å². The molecule has 0 aliphatic rings. The summed E-state index contributed by atoms with van der Waals surface area (Å²) in [5.74, 6) is -0.361. The van der Waals surface area contributed by atoms with Gasteiger partial charge in [0.15, 0.2) is 0 Å². The van der Waals surface area contributed by atoms with E-state index in [0.717, 1.165) is 6.42 Å². The molecular formula is C15H21Cl2N3O2. The number of benzene rings is 1. The smallest absolute Gasteiger partial charge is 0.241 e. The molecule has 1 aromatic rings. The van der Waals surface area contributed by atoms with Gasteiger partial charge in [-0.05, 0) is 38.6 Å². The molecule has 2 N–H and O–H groups in total. The molecule has 0 radical (unpaired) electrons. The third-order valence-electron chi connectivity index (χ3n) is 3.19. The molecule has 1 aromatic carbocycles. The average molecular weight is 346 g/mol. The molecule has 0 bridgehead atoms. The van der Waals surface area contributed by atoms with Gasteiger partial charge in [0.05, 0.1) is 23.3 Å². The van der Waals surface area contributed by atoms with Crippen LogP contribution in [0.15, 0.2) is 18.2 Å². The van der Waals surface area contributed by atoms with Gasteiger partial charge in [-0.15, -0.1) is 0 Å². The van der Waals surface area contributed by atoms with Crippen LogP contribution in [0.4, 0.5) is 5.69 Å². The highest BCUT2D eigenvalue weighted by Crippen LogP contribution is 2.25. The van der Waals surface area contributed by atoms with Gasteiger partial charge < -0.3 is 10.6 Å². The molecule has 122 valence electrons. The maximum Gasteiger partial charge on any atom is 0.241 e. The molecule has 0 aliphatic heterocycles. The molecule has 0 spiro atoms. The zero-order chi connectivity index (χ0) is 16.7. The molecule has 0 aliphatic carbocycles. The fraction of sp³-hybridized carbons (Fsp3) is 0.467. The summed E-state index contributed by atoms with van der Waals surface area (Å²) in [6.07, 6.45) is 0.874. The number of rotatable bonds is 7. The van der Waals surface area contributed by atoms with E-state index in [1.165, 1.54) is 0 Å². The number of carbonyl (C=O) groups is 2. The summed E-state index contributed by atoms with van der Waals surface area (Å²) in [5.41, 5.74) is 0.454. The Morgan fingerprint density at radius 1 is 1.32 bits per heavy atom. The zero-order valence-electron chi connectivity index (χ0n) is 13.0. The lowest BCUT2D eigenvalue weighted by molar-refractivity contribution is -0.124. The minimum atomic E-state index is -0.484. The summed E-state index contributed by atoms with van der Waals surface area (Å²) in [7, 11) is 1.72. The average Bonchev–Trinajstić information content (AvgIpc) is 2.47. The Morgan fingerprint density at radius 3 is 2.64 bits per heavy atom. The molecule has 5 nitrogen and oxygen atoms in total. The van der Waals surface area contributed by atoms with Crippen molar-refractivity contribution >= 4 is 40.7 Å². The largest absolute Gasteiger partial charge is 0.355 e. The lowest BCUT2D eigenvalue weighted by Gasteiger charge is -2.23. The second-order valence-electron chi connectivity index (χ2n) is 5.05. The van der Waals surface area contributed by atoms with Gasteiger partial charge in [-0.2, -0.15) is 0 Å². The molecule has 2 amide bonds.